The first-order valence-electron chi connectivity index (χ1n) is 16.9. The van der Waals surface area contributed by atoms with Crippen molar-refractivity contribution in [3.8, 4) is 22.3 Å². The normalized spacial score (nSPS) is 14.8. The van der Waals surface area contributed by atoms with E-state index in [2.05, 4.69) is 166 Å². The Bertz CT molecular complexity index is 2280. The molecule has 2 aliphatic rings. The fraction of sp³-hybridized carbons (Fsp3) is 0.130. The fourth-order valence-corrected chi connectivity index (χ4v) is 7.77. The van der Waals surface area contributed by atoms with Gasteiger partial charge in [-0.2, -0.15) is 0 Å². The molecule has 2 nitrogen and oxygen atoms in total. The largest absolute Gasteiger partial charge is 0.454 e. The molecule has 0 atom stereocenters. The van der Waals surface area contributed by atoms with Gasteiger partial charge in [-0.05, 0) is 71.4 Å². The van der Waals surface area contributed by atoms with Crippen molar-refractivity contribution in [2.45, 2.75) is 39.0 Å². The Kier molecular flexibility index (Phi) is 7.37. The SMILES string of the molecule is C=C/C=C\C(=C/C)c1cccc2c3c(oc12)C(N(c1ccc(-c2ccccc2)cc1)c1cccc2c1-c1ccccc1C2(C)C)=CCC3. The van der Waals surface area contributed by atoms with Gasteiger partial charge in [-0.1, -0.05) is 148 Å². The van der Waals surface area contributed by atoms with E-state index in [9.17, 15) is 0 Å². The maximum absolute atomic E-state index is 7.03. The van der Waals surface area contributed by atoms with Gasteiger partial charge in [0, 0.05) is 33.2 Å². The van der Waals surface area contributed by atoms with E-state index >= 15 is 0 Å². The number of hydrogen-bond donors (Lipinski definition) is 0. The zero-order valence-electron chi connectivity index (χ0n) is 27.8. The maximum Gasteiger partial charge on any atom is 0.155 e. The third-order valence-electron chi connectivity index (χ3n) is 10.1. The van der Waals surface area contributed by atoms with Gasteiger partial charge >= 0.3 is 0 Å². The molecule has 0 N–H and O–H groups in total. The van der Waals surface area contributed by atoms with Crippen LogP contribution in [0.4, 0.5) is 11.4 Å². The van der Waals surface area contributed by atoms with Crippen molar-refractivity contribution in [1.29, 1.82) is 0 Å². The van der Waals surface area contributed by atoms with Crippen LogP contribution in [0.15, 0.2) is 157 Å². The summed E-state index contributed by atoms with van der Waals surface area (Å²) in [5.74, 6) is 0.946. The quantitative estimate of drug-likeness (QED) is 0.165. The Morgan fingerprint density at radius 3 is 2.31 bits per heavy atom. The molecule has 0 amide bonds. The van der Waals surface area contributed by atoms with Crippen LogP contribution in [0.25, 0.3) is 44.5 Å². The Morgan fingerprint density at radius 2 is 1.52 bits per heavy atom. The molecule has 0 bridgehead atoms. The molecule has 0 unspecified atom stereocenters. The van der Waals surface area contributed by atoms with Crippen molar-refractivity contribution in [2.75, 3.05) is 4.90 Å². The summed E-state index contributed by atoms with van der Waals surface area (Å²) in [7, 11) is 0. The Balaban J connectivity index is 1.36. The molecule has 1 heterocycles. The zero-order valence-corrected chi connectivity index (χ0v) is 27.8. The molecule has 0 radical (unpaired) electrons. The van der Waals surface area contributed by atoms with Gasteiger partial charge in [-0.3, -0.25) is 0 Å². The number of hydrogen-bond acceptors (Lipinski definition) is 2. The number of aryl methyl sites for hydroxylation is 1. The van der Waals surface area contributed by atoms with Crippen LogP contribution in [0, 0.1) is 0 Å². The summed E-state index contributed by atoms with van der Waals surface area (Å²) < 4.78 is 7.03. The maximum atomic E-state index is 7.03. The van der Waals surface area contributed by atoms with Crippen molar-refractivity contribution in [3.05, 3.63) is 180 Å². The van der Waals surface area contributed by atoms with E-state index in [1.165, 1.54) is 50.0 Å². The summed E-state index contributed by atoms with van der Waals surface area (Å²) in [6.07, 6.45) is 12.3. The second-order valence-electron chi connectivity index (χ2n) is 13.2. The third kappa shape index (κ3) is 4.71. The first-order chi connectivity index (χ1) is 23.5. The highest BCUT2D eigenvalue weighted by atomic mass is 16.3. The third-order valence-corrected chi connectivity index (χ3v) is 10.1. The van der Waals surface area contributed by atoms with Crippen molar-refractivity contribution >= 4 is 33.6 Å². The summed E-state index contributed by atoms with van der Waals surface area (Å²) in [6, 6.07) is 41.8. The van der Waals surface area contributed by atoms with E-state index in [-0.39, 0.29) is 5.41 Å². The Labute approximate surface area is 283 Å². The number of allylic oxidation sites excluding steroid dienone is 6. The molecule has 48 heavy (non-hydrogen) atoms. The standard InChI is InChI=1S/C46H39NO/c1-5-7-16-31(6-2)35-20-13-21-36-37-22-14-26-42(45(37)48-44(35)36)47(34-29-27-33(28-30-34)32-17-9-8-10-18-32)41-25-15-24-40-43(41)38-19-11-12-23-39(38)46(40,3)4/h5-13,15-21,23-30H,1,14,22H2,2-4H3/b16-7-,31-6+. The highest BCUT2D eigenvalue weighted by molar-refractivity contribution is 6.02. The summed E-state index contributed by atoms with van der Waals surface area (Å²) >= 11 is 0. The highest BCUT2D eigenvalue weighted by Gasteiger charge is 2.38. The van der Waals surface area contributed by atoms with Crippen molar-refractivity contribution in [3.63, 3.8) is 0 Å². The van der Waals surface area contributed by atoms with Gasteiger partial charge < -0.3 is 9.32 Å². The second-order valence-corrected chi connectivity index (χ2v) is 13.2. The lowest BCUT2D eigenvalue weighted by atomic mass is 9.82. The van der Waals surface area contributed by atoms with Gasteiger partial charge in [0.25, 0.3) is 0 Å². The lowest BCUT2D eigenvalue weighted by Gasteiger charge is -2.31. The van der Waals surface area contributed by atoms with E-state index in [0.29, 0.717) is 0 Å². The van der Waals surface area contributed by atoms with Crippen LogP contribution in [-0.4, -0.2) is 0 Å². The fourth-order valence-electron chi connectivity index (χ4n) is 7.77. The molecular formula is C46H39NO. The first-order valence-corrected chi connectivity index (χ1v) is 16.9. The van der Waals surface area contributed by atoms with Crippen LogP contribution in [-0.2, 0) is 11.8 Å². The summed E-state index contributed by atoms with van der Waals surface area (Å²) in [5, 5.41) is 1.18. The smallest absolute Gasteiger partial charge is 0.155 e. The second kappa shape index (κ2) is 11.9. The molecule has 5 aromatic carbocycles. The lowest BCUT2D eigenvalue weighted by Crippen LogP contribution is -2.19. The molecule has 1 aromatic heterocycles. The van der Waals surface area contributed by atoms with Gasteiger partial charge in [0.05, 0.1) is 11.4 Å². The number of rotatable bonds is 7. The predicted molar refractivity (Wildman–Crippen MR) is 204 cm³/mol. The van der Waals surface area contributed by atoms with Crippen molar-refractivity contribution in [1.82, 2.24) is 0 Å². The van der Waals surface area contributed by atoms with Crippen LogP contribution in [0.2, 0.25) is 0 Å². The van der Waals surface area contributed by atoms with Crippen molar-refractivity contribution < 1.29 is 4.42 Å². The van der Waals surface area contributed by atoms with Crippen LogP contribution in [0.3, 0.4) is 0 Å². The van der Waals surface area contributed by atoms with E-state index in [0.717, 1.165) is 46.7 Å². The summed E-state index contributed by atoms with van der Waals surface area (Å²) in [6.45, 7) is 10.7. The van der Waals surface area contributed by atoms with Gasteiger partial charge in [0.1, 0.15) is 5.58 Å². The number of benzene rings is 5. The zero-order chi connectivity index (χ0) is 32.8. The molecule has 234 valence electrons. The van der Waals surface area contributed by atoms with Gasteiger partial charge in [-0.15, -0.1) is 0 Å². The predicted octanol–water partition coefficient (Wildman–Crippen LogP) is 12.7. The van der Waals surface area contributed by atoms with E-state index in [1.807, 2.05) is 12.2 Å². The lowest BCUT2D eigenvalue weighted by molar-refractivity contribution is 0.587. The monoisotopic (exact) mass is 621 g/mol. The molecule has 0 saturated heterocycles. The Hall–Kier alpha value is -5.60. The molecule has 0 aliphatic heterocycles. The van der Waals surface area contributed by atoms with Crippen LogP contribution < -0.4 is 4.90 Å². The number of para-hydroxylation sites is 1. The minimum atomic E-state index is -0.104. The first kappa shape index (κ1) is 29.8. The van der Waals surface area contributed by atoms with E-state index < -0.39 is 0 Å². The minimum absolute atomic E-state index is 0.104. The van der Waals surface area contributed by atoms with Gasteiger partial charge in [0.15, 0.2) is 5.76 Å². The number of anilines is 2. The van der Waals surface area contributed by atoms with Crippen LogP contribution in [0.5, 0.6) is 0 Å². The summed E-state index contributed by atoms with van der Waals surface area (Å²) in [5.41, 5.74) is 15.4. The minimum Gasteiger partial charge on any atom is -0.454 e. The van der Waals surface area contributed by atoms with Gasteiger partial charge in [0.2, 0.25) is 0 Å². The van der Waals surface area contributed by atoms with Gasteiger partial charge in [-0.25, -0.2) is 0 Å². The molecule has 2 heteroatoms. The topological polar surface area (TPSA) is 16.4 Å². The average molecular weight is 622 g/mol. The molecule has 6 aromatic rings. The molecule has 0 spiro atoms. The summed E-state index contributed by atoms with van der Waals surface area (Å²) in [4.78, 5) is 2.44. The molecule has 8 rings (SSSR count). The number of fused-ring (bicyclic) bond motifs is 6. The number of furan rings is 1. The molecule has 0 fully saturated rings. The molecular weight excluding hydrogens is 583 g/mol. The van der Waals surface area contributed by atoms with Crippen molar-refractivity contribution in [2.24, 2.45) is 0 Å². The van der Waals surface area contributed by atoms with E-state index in [1.54, 1.807) is 0 Å². The number of nitrogens with zero attached hydrogens (tertiary/aromatic N) is 1. The molecule has 2 aliphatic carbocycles. The van der Waals surface area contributed by atoms with Crippen LogP contribution >= 0.6 is 0 Å². The van der Waals surface area contributed by atoms with Crippen LogP contribution in [0.1, 0.15) is 55.2 Å². The highest BCUT2D eigenvalue weighted by Crippen LogP contribution is 2.54. The Morgan fingerprint density at radius 1 is 0.792 bits per heavy atom. The van der Waals surface area contributed by atoms with E-state index in [4.69, 9.17) is 4.42 Å². The molecule has 0 saturated carbocycles. The average Bonchev–Trinajstić information content (AvgIpc) is 3.63.